The smallest absolute Gasteiger partial charge is 0.246 e. The second kappa shape index (κ2) is 7.21. The van der Waals surface area contributed by atoms with Gasteiger partial charge in [0.1, 0.15) is 5.54 Å². The number of sulfonamides is 1. The molecule has 1 heterocycles. The van der Waals surface area contributed by atoms with E-state index >= 15 is 0 Å². The van der Waals surface area contributed by atoms with Crippen molar-refractivity contribution in [2.24, 2.45) is 5.73 Å². The van der Waals surface area contributed by atoms with E-state index in [0.29, 0.717) is 32.5 Å². The Bertz CT molecular complexity index is 666. The molecule has 1 aromatic carbocycles. The van der Waals surface area contributed by atoms with E-state index in [0.717, 1.165) is 5.56 Å². The van der Waals surface area contributed by atoms with Crippen molar-refractivity contribution >= 4 is 15.9 Å². The molecule has 0 saturated carbocycles. The van der Waals surface area contributed by atoms with Crippen LogP contribution in [-0.4, -0.2) is 55.5 Å². The molecule has 1 aliphatic heterocycles. The molecule has 7 heteroatoms. The molecule has 24 heavy (non-hydrogen) atoms. The fourth-order valence-corrected chi connectivity index (χ4v) is 4.58. The van der Waals surface area contributed by atoms with E-state index in [1.807, 2.05) is 37.3 Å². The Morgan fingerprint density at radius 3 is 2.29 bits per heavy atom. The molecule has 0 spiro atoms. The lowest BCUT2D eigenvalue weighted by Crippen LogP contribution is -2.55. The van der Waals surface area contributed by atoms with E-state index < -0.39 is 15.6 Å². The molecule has 0 aromatic heterocycles. The SMILES string of the molecule is CCN(C1CCN(C(=O)C(C)(N)c2ccccc2)CC1)S(C)(=O)=O. The van der Waals surface area contributed by atoms with Crippen LogP contribution in [0.5, 0.6) is 0 Å². The van der Waals surface area contributed by atoms with Crippen LogP contribution in [0.3, 0.4) is 0 Å². The van der Waals surface area contributed by atoms with Crippen LogP contribution in [-0.2, 0) is 20.4 Å². The molecular weight excluding hydrogens is 326 g/mol. The van der Waals surface area contributed by atoms with E-state index in [4.69, 9.17) is 5.73 Å². The molecule has 1 fully saturated rings. The lowest BCUT2D eigenvalue weighted by Gasteiger charge is -2.39. The average Bonchev–Trinajstić information content (AvgIpc) is 2.55. The maximum Gasteiger partial charge on any atom is 0.246 e. The van der Waals surface area contributed by atoms with E-state index in [9.17, 15) is 13.2 Å². The van der Waals surface area contributed by atoms with Crippen LogP contribution >= 0.6 is 0 Å². The van der Waals surface area contributed by atoms with Crippen molar-refractivity contribution in [2.45, 2.75) is 38.3 Å². The first-order chi connectivity index (χ1) is 11.2. The molecular formula is C17H27N3O3S. The molecule has 0 aliphatic carbocycles. The zero-order valence-corrected chi connectivity index (χ0v) is 15.4. The standard InChI is InChI=1S/C17H27N3O3S/c1-4-20(24(3,22)23)15-10-12-19(13-11-15)16(21)17(2,18)14-8-6-5-7-9-14/h5-9,15H,4,10-13,18H2,1-3H3. The van der Waals surface area contributed by atoms with Gasteiger partial charge in [-0.2, -0.15) is 4.31 Å². The number of benzene rings is 1. The number of nitrogens with two attached hydrogens (primary N) is 1. The Labute approximate surface area is 144 Å². The quantitative estimate of drug-likeness (QED) is 0.860. The van der Waals surface area contributed by atoms with Gasteiger partial charge in [-0.25, -0.2) is 8.42 Å². The number of rotatable bonds is 5. The van der Waals surface area contributed by atoms with E-state index in [2.05, 4.69) is 0 Å². The van der Waals surface area contributed by atoms with Gasteiger partial charge in [0.25, 0.3) is 0 Å². The normalized spacial score (nSPS) is 19.3. The van der Waals surface area contributed by atoms with Crippen molar-refractivity contribution < 1.29 is 13.2 Å². The summed E-state index contributed by atoms with van der Waals surface area (Å²) < 4.78 is 25.2. The number of likely N-dealkylation sites (tertiary alicyclic amines) is 1. The molecule has 0 bridgehead atoms. The van der Waals surface area contributed by atoms with Gasteiger partial charge in [0.05, 0.1) is 6.26 Å². The third-order valence-electron chi connectivity index (χ3n) is 4.71. The van der Waals surface area contributed by atoms with Gasteiger partial charge in [0.15, 0.2) is 0 Å². The maximum atomic E-state index is 12.8. The minimum atomic E-state index is -3.22. The van der Waals surface area contributed by atoms with Gasteiger partial charge in [-0.15, -0.1) is 0 Å². The number of amides is 1. The first kappa shape index (κ1) is 18.9. The third kappa shape index (κ3) is 3.96. The third-order valence-corrected chi connectivity index (χ3v) is 6.12. The number of piperidine rings is 1. The molecule has 1 amide bonds. The van der Waals surface area contributed by atoms with Crippen LogP contribution in [0, 0.1) is 0 Å². The molecule has 134 valence electrons. The van der Waals surface area contributed by atoms with Gasteiger partial charge < -0.3 is 10.6 Å². The molecule has 1 unspecified atom stereocenters. The summed E-state index contributed by atoms with van der Waals surface area (Å²) in [4.78, 5) is 14.6. The number of nitrogens with zero attached hydrogens (tertiary/aromatic N) is 2. The summed E-state index contributed by atoms with van der Waals surface area (Å²) in [5.74, 6) is -0.116. The van der Waals surface area contributed by atoms with E-state index in [1.54, 1.807) is 11.8 Å². The highest BCUT2D eigenvalue weighted by Gasteiger charge is 2.37. The Hall–Kier alpha value is -1.44. The van der Waals surface area contributed by atoms with Crippen molar-refractivity contribution in [2.75, 3.05) is 25.9 Å². The minimum absolute atomic E-state index is 0.0465. The summed E-state index contributed by atoms with van der Waals surface area (Å²) in [6.45, 7) is 5.07. The van der Waals surface area contributed by atoms with Crippen molar-refractivity contribution in [1.82, 2.24) is 9.21 Å². The van der Waals surface area contributed by atoms with Gasteiger partial charge in [0, 0.05) is 25.7 Å². The van der Waals surface area contributed by atoms with Crippen molar-refractivity contribution in [3.05, 3.63) is 35.9 Å². The van der Waals surface area contributed by atoms with Crippen LogP contribution < -0.4 is 5.73 Å². The minimum Gasteiger partial charge on any atom is -0.341 e. The molecule has 1 atom stereocenters. The van der Waals surface area contributed by atoms with Crippen LogP contribution in [0.4, 0.5) is 0 Å². The Morgan fingerprint density at radius 1 is 1.29 bits per heavy atom. The van der Waals surface area contributed by atoms with E-state index in [1.165, 1.54) is 10.6 Å². The summed E-state index contributed by atoms with van der Waals surface area (Å²) in [6.07, 6.45) is 2.51. The number of carbonyl (C=O) groups is 1. The monoisotopic (exact) mass is 353 g/mol. The summed E-state index contributed by atoms with van der Waals surface area (Å²) in [5.41, 5.74) is 6.01. The molecule has 2 rings (SSSR count). The maximum absolute atomic E-state index is 12.8. The first-order valence-corrected chi connectivity index (χ1v) is 10.1. The number of carbonyl (C=O) groups excluding carboxylic acids is 1. The summed E-state index contributed by atoms with van der Waals surface area (Å²) in [5, 5.41) is 0. The van der Waals surface area contributed by atoms with Crippen LogP contribution in [0.15, 0.2) is 30.3 Å². The fraction of sp³-hybridized carbons (Fsp3) is 0.588. The van der Waals surface area contributed by atoms with Gasteiger partial charge in [-0.1, -0.05) is 37.3 Å². The zero-order chi connectivity index (χ0) is 18.0. The summed E-state index contributed by atoms with van der Waals surface area (Å²) >= 11 is 0. The van der Waals surface area contributed by atoms with Crippen LogP contribution in [0.25, 0.3) is 0 Å². The van der Waals surface area contributed by atoms with Crippen molar-refractivity contribution in [1.29, 1.82) is 0 Å². The van der Waals surface area contributed by atoms with Crippen LogP contribution in [0.2, 0.25) is 0 Å². The van der Waals surface area contributed by atoms with Gasteiger partial charge in [-0.05, 0) is 25.3 Å². The second-order valence-corrected chi connectivity index (χ2v) is 8.49. The highest BCUT2D eigenvalue weighted by molar-refractivity contribution is 7.88. The summed E-state index contributed by atoms with van der Waals surface area (Å²) in [7, 11) is -3.22. The molecule has 1 saturated heterocycles. The largest absolute Gasteiger partial charge is 0.341 e. The Kier molecular flexibility index (Phi) is 5.67. The molecule has 0 radical (unpaired) electrons. The molecule has 1 aromatic rings. The van der Waals surface area contributed by atoms with Crippen LogP contribution in [0.1, 0.15) is 32.3 Å². The second-order valence-electron chi connectivity index (χ2n) is 6.56. The highest BCUT2D eigenvalue weighted by Crippen LogP contribution is 2.25. The lowest BCUT2D eigenvalue weighted by atomic mass is 9.90. The fourth-order valence-electron chi connectivity index (χ4n) is 3.36. The van der Waals surface area contributed by atoms with Crippen molar-refractivity contribution in [3.8, 4) is 0 Å². The van der Waals surface area contributed by atoms with Crippen molar-refractivity contribution in [3.63, 3.8) is 0 Å². The molecule has 6 nitrogen and oxygen atoms in total. The molecule has 2 N–H and O–H groups in total. The lowest BCUT2D eigenvalue weighted by molar-refractivity contribution is -0.138. The summed E-state index contributed by atoms with van der Waals surface area (Å²) in [6, 6.07) is 9.28. The van der Waals surface area contributed by atoms with Gasteiger partial charge in [0.2, 0.25) is 15.9 Å². The van der Waals surface area contributed by atoms with Gasteiger partial charge >= 0.3 is 0 Å². The molecule has 1 aliphatic rings. The van der Waals surface area contributed by atoms with Gasteiger partial charge in [-0.3, -0.25) is 4.79 Å². The topological polar surface area (TPSA) is 83.7 Å². The Balaban J connectivity index is 2.05. The van der Waals surface area contributed by atoms with E-state index in [-0.39, 0.29) is 11.9 Å². The highest BCUT2D eigenvalue weighted by atomic mass is 32.2. The number of hydrogen-bond donors (Lipinski definition) is 1. The first-order valence-electron chi connectivity index (χ1n) is 8.28. The number of hydrogen-bond acceptors (Lipinski definition) is 4. The average molecular weight is 353 g/mol. The zero-order valence-electron chi connectivity index (χ0n) is 14.6. The predicted molar refractivity (Wildman–Crippen MR) is 94.8 cm³/mol. The predicted octanol–water partition coefficient (Wildman–Crippen LogP) is 1.13. The Morgan fingerprint density at radius 2 is 1.83 bits per heavy atom.